The summed E-state index contributed by atoms with van der Waals surface area (Å²) in [5.74, 6) is 0.152. The molecule has 1 atom stereocenters. The number of sulfone groups is 1. The highest BCUT2D eigenvalue weighted by molar-refractivity contribution is 7.90. The Labute approximate surface area is 185 Å². The summed E-state index contributed by atoms with van der Waals surface area (Å²) in [6.45, 7) is 3.47. The molecule has 4 aromatic heterocycles. The van der Waals surface area contributed by atoms with Crippen molar-refractivity contribution in [1.29, 1.82) is 5.26 Å². The Morgan fingerprint density at radius 3 is 2.56 bits per heavy atom. The monoisotopic (exact) mass is 450 g/mol. The minimum Gasteiger partial charge on any atom is -0.361 e. The molecule has 164 valence electrons. The number of fused-ring (bicyclic) bond motifs is 1. The minimum atomic E-state index is -3.65. The van der Waals surface area contributed by atoms with Crippen LogP contribution in [0.15, 0.2) is 35.7 Å². The fourth-order valence-electron chi connectivity index (χ4n) is 3.60. The molecular weight excluding hydrogens is 428 g/mol. The molecule has 0 fully saturated rings. The number of aryl methyl sites for hydroxylation is 3. The number of anilines is 1. The van der Waals surface area contributed by atoms with Crippen LogP contribution in [0.25, 0.3) is 22.3 Å². The molecule has 32 heavy (non-hydrogen) atoms. The highest BCUT2D eigenvalue weighted by Gasteiger charge is 2.23. The van der Waals surface area contributed by atoms with Gasteiger partial charge in [0.15, 0.2) is 0 Å². The molecule has 4 heterocycles. The maximum atomic E-state index is 12.0. The van der Waals surface area contributed by atoms with Crippen molar-refractivity contribution in [3.8, 4) is 17.3 Å². The Morgan fingerprint density at radius 1 is 1.19 bits per heavy atom. The van der Waals surface area contributed by atoms with E-state index in [-0.39, 0.29) is 22.2 Å². The summed E-state index contributed by atoms with van der Waals surface area (Å²) in [6, 6.07) is 7.53. The zero-order valence-corrected chi connectivity index (χ0v) is 19.1. The fourth-order valence-corrected chi connectivity index (χ4v) is 4.16. The van der Waals surface area contributed by atoms with Gasteiger partial charge in [0.2, 0.25) is 15.0 Å². The van der Waals surface area contributed by atoms with Crippen LogP contribution >= 0.6 is 0 Å². The topological polar surface area (TPSA) is 131 Å². The van der Waals surface area contributed by atoms with Crippen molar-refractivity contribution < 1.29 is 8.42 Å². The Kier molecular flexibility index (Phi) is 5.18. The van der Waals surface area contributed by atoms with Crippen molar-refractivity contribution in [3.05, 3.63) is 47.5 Å². The van der Waals surface area contributed by atoms with E-state index in [1.54, 1.807) is 17.8 Å². The van der Waals surface area contributed by atoms with Gasteiger partial charge in [-0.25, -0.2) is 18.4 Å². The summed E-state index contributed by atoms with van der Waals surface area (Å²) in [4.78, 5) is 13.0. The van der Waals surface area contributed by atoms with E-state index in [1.807, 2.05) is 50.0 Å². The molecule has 0 aliphatic heterocycles. The third-order valence-electron chi connectivity index (χ3n) is 5.27. The number of nitrogens with one attached hydrogen (secondary N) is 1. The first-order chi connectivity index (χ1) is 15.1. The Balaban J connectivity index is 1.87. The van der Waals surface area contributed by atoms with E-state index < -0.39 is 15.9 Å². The van der Waals surface area contributed by atoms with Crippen molar-refractivity contribution in [2.24, 2.45) is 14.1 Å². The SMILES string of the molecule is Cc1nc(S(C)(=O)=O)nc(NC(C)c2nc3ccn(C)c3cc2-c2ccnn2C)c1C#N. The molecule has 11 heteroatoms. The van der Waals surface area contributed by atoms with Gasteiger partial charge in [0.1, 0.15) is 17.5 Å². The molecule has 0 aliphatic carbocycles. The van der Waals surface area contributed by atoms with Gasteiger partial charge in [-0.1, -0.05) is 0 Å². The smallest absolute Gasteiger partial charge is 0.249 e. The van der Waals surface area contributed by atoms with Gasteiger partial charge in [-0.2, -0.15) is 15.3 Å². The molecule has 0 aromatic carbocycles. The molecule has 0 saturated carbocycles. The van der Waals surface area contributed by atoms with E-state index in [9.17, 15) is 13.7 Å². The van der Waals surface area contributed by atoms with Gasteiger partial charge < -0.3 is 9.88 Å². The second-order valence-electron chi connectivity index (χ2n) is 7.66. The zero-order valence-electron chi connectivity index (χ0n) is 18.3. The van der Waals surface area contributed by atoms with Gasteiger partial charge in [0, 0.05) is 38.3 Å². The molecule has 4 rings (SSSR count). The molecule has 0 aliphatic rings. The minimum absolute atomic E-state index is 0.152. The number of pyridine rings is 1. The van der Waals surface area contributed by atoms with E-state index in [1.165, 1.54) is 0 Å². The van der Waals surface area contributed by atoms with Crippen molar-refractivity contribution in [3.63, 3.8) is 0 Å². The lowest BCUT2D eigenvalue weighted by Crippen LogP contribution is -2.16. The van der Waals surface area contributed by atoms with Crippen molar-refractivity contribution in [1.82, 2.24) is 29.3 Å². The highest BCUT2D eigenvalue weighted by Crippen LogP contribution is 2.32. The number of hydrogen-bond donors (Lipinski definition) is 1. The number of nitriles is 1. The average Bonchev–Trinajstić information content (AvgIpc) is 3.31. The van der Waals surface area contributed by atoms with Gasteiger partial charge in [0.25, 0.3) is 0 Å². The second kappa shape index (κ2) is 7.72. The van der Waals surface area contributed by atoms with Crippen LogP contribution in [0.5, 0.6) is 0 Å². The standard InChI is InChI=1S/C21H22N8O2S/c1-12-15(11-22)20(27-21(25-12)32(5,30)31)24-13(2)19-14(17-6-8-23-29(17)4)10-18-16(26-19)7-9-28(18)3/h6-10,13H,1-5H3,(H,24,25,27). The number of hydrogen-bond acceptors (Lipinski definition) is 8. The van der Waals surface area contributed by atoms with Crippen molar-refractivity contribution >= 4 is 26.7 Å². The number of aromatic nitrogens is 6. The normalized spacial score (nSPS) is 12.6. The lowest BCUT2D eigenvalue weighted by Gasteiger charge is -2.19. The molecule has 0 radical (unpaired) electrons. The maximum Gasteiger partial charge on any atom is 0.249 e. The first-order valence-electron chi connectivity index (χ1n) is 9.80. The number of nitrogens with zero attached hydrogens (tertiary/aromatic N) is 7. The third-order valence-corrected chi connectivity index (χ3v) is 6.12. The maximum absolute atomic E-state index is 12.0. The molecule has 0 saturated heterocycles. The van der Waals surface area contributed by atoms with E-state index in [4.69, 9.17) is 4.98 Å². The summed E-state index contributed by atoms with van der Waals surface area (Å²) >= 11 is 0. The van der Waals surface area contributed by atoms with Crippen LogP contribution in [-0.2, 0) is 23.9 Å². The van der Waals surface area contributed by atoms with Gasteiger partial charge >= 0.3 is 0 Å². The predicted octanol–water partition coefficient (Wildman–Crippen LogP) is 2.52. The lowest BCUT2D eigenvalue weighted by molar-refractivity contribution is 0.592. The molecule has 1 N–H and O–H groups in total. The summed E-state index contributed by atoms with van der Waals surface area (Å²) in [5, 5.41) is 16.7. The van der Waals surface area contributed by atoms with Gasteiger partial charge in [-0.3, -0.25) is 4.68 Å². The molecule has 4 aromatic rings. The molecule has 0 bridgehead atoms. The Bertz CT molecular complexity index is 1490. The van der Waals surface area contributed by atoms with Crippen LogP contribution in [0, 0.1) is 18.3 Å². The summed E-state index contributed by atoms with van der Waals surface area (Å²) in [6.07, 6.45) is 4.69. The van der Waals surface area contributed by atoms with Crippen LogP contribution in [0.1, 0.15) is 29.9 Å². The summed E-state index contributed by atoms with van der Waals surface area (Å²) in [5.41, 5.74) is 4.72. The second-order valence-corrected chi connectivity index (χ2v) is 9.57. The van der Waals surface area contributed by atoms with E-state index >= 15 is 0 Å². The van der Waals surface area contributed by atoms with Gasteiger partial charge in [0.05, 0.1) is 34.2 Å². The molecule has 0 spiro atoms. The van der Waals surface area contributed by atoms with Crippen LogP contribution < -0.4 is 5.32 Å². The fraction of sp³-hybridized carbons (Fsp3) is 0.286. The Morgan fingerprint density at radius 2 is 1.94 bits per heavy atom. The van der Waals surface area contributed by atoms with Crippen LogP contribution in [0.4, 0.5) is 5.82 Å². The zero-order chi connectivity index (χ0) is 23.2. The van der Waals surface area contributed by atoms with E-state index in [0.717, 1.165) is 28.5 Å². The number of rotatable bonds is 5. The summed E-state index contributed by atoms with van der Waals surface area (Å²) in [7, 11) is 0.156. The average molecular weight is 451 g/mol. The first kappa shape index (κ1) is 21.5. The molecule has 10 nitrogen and oxygen atoms in total. The van der Waals surface area contributed by atoms with Crippen molar-refractivity contribution in [2.75, 3.05) is 11.6 Å². The lowest BCUT2D eigenvalue weighted by atomic mass is 10.0. The molecule has 0 amide bonds. The van der Waals surface area contributed by atoms with Crippen molar-refractivity contribution in [2.45, 2.75) is 25.0 Å². The molecular formula is C21H22N8O2S. The van der Waals surface area contributed by atoms with Crippen LogP contribution in [0.2, 0.25) is 0 Å². The largest absolute Gasteiger partial charge is 0.361 e. The van der Waals surface area contributed by atoms with E-state index in [0.29, 0.717) is 5.69 Å². The first-order valence-corrected chi connectivity index (χ1v) is 11.7. The van der Waals surface area contributed by atoms with Crippen LogP contribution in [-0.4, -0.2) is 44.0 Å². The van der Waals surface area contributed by atoms with Crippen LogP contribution in [0.3, 0.4) is 0 Å². The summed E-state index contributed by atoms with van der Waals surface area (Å²) < 4.78 is 27.8. The third kappa shape index (κ3) is 3.69. The Hall–Kier alpha value is -3.78. The van der Waals surface area contributed by atoms with Gasteiger partial charge in [-0.05, 0) is 32.0 Å². The quantitative estimate of drug-likeness (QED) is 0.459. The highest BCUT2D eigenvalue weighted by atomic mass is 32.2. The van der Waals surface area contributed by atoms with Gasteiger partial charge in [-0.15, -0.1) is 0 Å². The van der Waals surface area contributed by atoms with E-state index in [2.05, 4.69) is 26.5 Å². The predicted molar refractivity (Wildman–Crippen MR) is 120 cm³/mol. The molecule has 1 unspecified atom stereocenters.